The minimum Gasteiger partial charge on any atom is -0.504 e. The number of hydrogen-bond acceptors (Lipinski definition) is 8. The largest absolute Gasteiger partial charge is 0.504 e. The topological polar surface area (TPSA) is 165 Å². The number of benzene rings is 1. The van der Waals surface area contributed by atoms with E-state index in [4.69, 9.17) is 10.5 Å². The van der Waals surface area contributed by atoms with Gasteiger partial charge >= 0.3 is 0 Å². The van der Waals surface area contributed by atoms with Gasteiger partial charge in [-0.2, -0.15) is 0 Å². The molecule has 2 heterocycles. The molecule has 0 radical (unpaired) electrons. The summed E-state index contributed by atoms with van der Waals surface area (Å²) in [5.41, 5.74) is 8.82. The summed E-state index contributed by atoms with van der Waals surface area (Å²) in [6.45, 7) is 1.64. The lowest BCUT2D eigenvalue weighted by Crippen LogP contribution is -2.41. The van der Waals surface area contributed by atoms with E-state index >= 15 is 0 Å². The fourth-order valence-corrected chi connectivity index (χ4v) is 9.00. The standard InChI is InChI=1S/C42H55N3O6/c1-2-27-8-3-4-9-34(48)41-28(12-11-27)13-14-29(22-35(41)49)30-15-16-33(47)37(23-30)51-38(36(50)26-46)25-32(31-17-21-45-40(43)24-31)42(18-5-6-19-42)39-10-7-20-44-39/h7,10,13-17,20-21,23-24,27-29,32,34-36,38,41,44,46-50H,2-6,8-9,18-19,22,25-26H2,1H3,(H2,43,45)/t27-,28-,29-,32-,34+,35-,36-,38-,41-/m1/s1. The van der Waals surface area contributed by atoms with Gasteiger partial charge < -0.3 is 41.0 Å². The monoisotopic (exact) mass is 697 g/mol. The maximum atomic E-state index is 11.6. The van der Waals surface area contributed by atoms with Gasteiger partial charge in [0.1, 0.15) is 18.0 Å². The van der Waals surface area contributed by atoms with Gasteiger partial charge in [-0.3, -0.25) is 0 Å². The number of anilines is 1. The molecule has 9 atom stereocenters. The summed E-state index contributed by atoms with van der Waals surface area (Å²) < 4.78 is 6.52. The number of ether oxygens (including phenoxy) is 1. The lowest BCUT2D eigenvalue weighted by Gasteiger charge is -2.40. The van der Waals surface area contributed by atoms with Gasteiger partial charge in [-0.05, 0) is 98.4 Å². The molecule has 3 aromatic rings. The molecule has 0 bridgehead atoms. The summed E-state index contributed by atoms with van der Waals surface area (Å²) in [5.74, 6) is 6.64. The van der Waals surface area contributed by atoms with Crippen LogP contribution in [0, 0.1) is 29.6 Å². The quantitative estimate of drug-likeness (QED) is 0.0935. The van der Waals surface area contributed by atoms with Crippen LogP contribution in [0.4, 0.5) is 5.82 Å². The summed E-state index contributed by atoms with van der Waals surface area (Å²) in [5, 5.41) is 55.4. The smallest absolute Gasteiger partial charge is 0.161 e. The normalized spacial score (nSPS) is 28.0. The second kappa shape index (κ2) is 16.7. The summed E-state index contributed by atoms with van der Waals surface area (Å²) in [4.78, 5) is 7.70. The highest BCUT2D eigenvalue weighted by atomic mass is 16.5. The number of nitrogen functional groups attached to an aromatic ring is 1. The number of aromatic amines is 1. The highest BCUT2D eigenvalue weighted by molar-refractivity contribution is 5.45. The average molecular weight is 698 g/mol. The van der Waals surface area contributed by atoms with Gasteiger partial charge in [0.25, 0.3) is 0 Å². The first-order valence-corrected chi connectivity index (χ1v) is 18.9. The Bertz CT molecular complexity index is 1660. The van der Waals surface area contributed by atoms with Crippen LogP contribution in [0.1, 0.15) is 106 Å². The zero-order valence-corrected chi connectivity index (χ0v) is 29.7. The molecule has 8 N–H and O–H groups in total. The van der Waals surface area contributed by atoms with Crippen molar-refractivity contribution in [2.75, 3.05) is 12.3 Å². The number of pyridine rings is 1. The molecule has 51 heavy (non-hydrogen) atoms. The second-order valence-corrected chi connectivity index (χ2v) is 15.0. The molecule has 0 aliphatic heterocycles. The first-order valence-electron chi connectivity index (χ1n) is 18.9. The van der Waals surface area contributed by atoms with Crippen LogP contribution in [-0.4, -0.2) is 66.5 Å². The maximum Gasteiger partial charge on any atom is 0.161 e. The highest BCUT2D eigenvalue weighted by Crippen LogP contribution is 2.53. The Morgan fingerprint density at radius 1 is 1.02 bits per heavy atom. The summed E-state index contributed by atoms with van der Waals surface area (Å²) in [6.07, 6.45) is 13.4. The molecule has 2 aromatic heterocycles. The van der Waals surface area contributed by atoms with E-state index in [9.17, 15) is 25.5 Å². The Morgan fingerprint density at radius 2 is 1.82 bits per heavy atom. The number of fused-ring (bicyclic) bond motifs is 1. The molecule has 3 aliphatic carbocycles. The Labute approximate surface area is 302 Å². The number of hydrogen-bond donors (Lipinski definition) is 7. The zero-order chi connectivity index (χ0) is 36.0. The SMILES string of the molecule is CC[C@H]1C#C[C@@H]2C=C[C@@H](c3ccc(O)c(O[C@H](C[C@H](c4ccnc(N)c4)C4(c5ccc[nH]5)CCCC4)[C@H](O)CO)c3)C[C@@H](O)[C@H]2[C@@H](O)CCCC1. The van der Waals surface area contributed by atoms with Crippen molar-refractivity contribution in [1.82, 2.24) is 9.97 Å². The van der Waals surface area contributed by atoms with Crippen molar-refractivity contribution < 1.29 is 30.3 Å². The number of phenols is 1. The van der Waals surface area contributed by atoms with Crippen LogP contribution in [0.3, 0.4) is 0 Å². The number of nitrogens with one attached hydrogen (secondary N) is 1. The molecule has 0 amide bonds. The second-order valence-electron chi connectivity index (χ2n) is 15.0. The molecular formula is C42H55N3O6. The molecule has 6 rings (SSSR count). The Hall–Kier alpha value is -3.81. The van der Waals surface area contributed by atoms with E-state index in [2.05, 4.69) is 40.9 Å². The number of nitrogens with two attached hydrogens (primary N) is 1. The number of phenolic OH excluding ortho intramolecular Hbond substituents is 1. The molecule has 1 aromatic carbocycles. The molecule has 274 valence electrons. The number of aliphatic hydroxyl groups excluding tert-OH is 4. The average Bonchev–Trinajstić information content (AvgIpc) is 3.83. The number of aromatic nitrogens is 2. The van der Waals surface area contributed by atoms with Crippen LogP contribution in [-0.2, 0) is 5.41 Å². The molecule has 0 saturated heterocycles. The van der Waals surface area contributed by atoms with Crippen molar-refractivity contribution in [2.45, 2.75) is 119 Å². The fraction of sp³-hybridized carbons (Fsp3) is 0.548. The van der Waals surface area contributed by atoms with E-state index in [1.807, 2.05) is 36.5 Å². The minimum absolute atomic E-state index is 0.0854. The van der Waals surface area contributed by atoms with Crippen molar-refractivity contribution in [3.05, 3.63) is 83.8 Å². The van der Waals surface area contributed by atoms with Gasteiger partial charge in [-0.15, -0.1) is 0 Å². The van der Waals surface area contributed by atoms with Crippen LogP contribution < -0.4 is 10.5 Å². The number of nitrogens with zero attached hydrogens (tertiary/aromatic N) is 1. The van der Waals surface area contributed by atoms with Gasteiger partial charge in [-0.1, -0.05) is 62.7 Å². The summed E-state index contributed by atoms with van der Waals surface area (Å²) in [6, 6.07) is 13.1. The Balaban J connectivity index is 1.31. The molecule has 9 nitrogen and oxygen atoms in total. The van der Waals surface area contributed by atoms with Crippen molar-refractivity contribution in [3.63, 3.8) is 0 Å². The van der Waals surface area contributed by atoms with Gasteiger partial charge in [0.15, 0.2) is 11.5 Å². The number of aliphatic hydroxyl groups is 4. The first kappa shape index (κ1) is 37.0. The Morgan fingerprint density at radius 3 is 2.55 bits per heavy atom. The summed E-state index contributed by atoms with van der Waals surface area (Å²) in [7, 11) is 0. The molecule has 3 aliphatic rings. The third kappa shape index (κ3) is 8.31. The molecule has 0 unspecified atom stereocenters. The molecule has 0 spiro atoms. The lowest BCUT2D eigenvalue weighted by atomic mass is 9.66. The highest BCUT2D eigenvalue weighted by Gasteiger charge is 2.46. The van der Waals surface area contributed by atoms with E-state index < -0.39 is 36.9 Å². The molecular weight excluding hydrogens is 642 g/mol. The molecule has 9 heteroatoms. The van der Waals surface area contributed by atoms with Crippen molar-refractivity contribution in [3.8, 4) is 23.3 Å². The van der Waals surface area contributed by atoms with Gasteiger partial charge in [0, 0.05) is 47.2 Å². The van der Waals surface area contributed by atoms with Crippen LogP contribution >= 0.6 is 0 Å². The Kier molecular flexibility index (Phi) is 12.1. The van der Waals surface area contributed by atoms with Crippen LogP contribution in [0.5, 0.6) is 11.5 Å². The lowest BCUT2D eigenvalue weighted by molar-refractivity contribution is -0.0124. The number of rotatable bonds is 11. The molecule has 1 fully saturated rings. The predicted molar refractivity (Wildman–Crippen MR) is 198 cm³/mol. The van der Waals surface area contributed by atoms with Crippen LogP contribution in [0.25, 0.3) is 0 Å². The van der Waals surface area contributed by atoms with Crippen molar-refractivity contribution in [1.29, 1.82) is 0 Å². The van der Waals surface area contributed by atoms with Crippen LogP contribution in [0.15, 0.2) is 67.0 Å². The van der Waals surface area contributed by atoms with Crippen molar-refractivity contribution >= 4 is 5.82 Å². The third-order valence-electron chi connectivity index (χ3n) is 11.9. The van der Waals surface area contributed by atoms with E-state index in [0.717, 1.165) is 68.2 Å². The van der Waals surface area contributed by atoms with Crippen LogP contribution in [0.2, 0.25) is 0 Å². The van der Waals surface area contributed by atoms with Gasteiger partial charge in [0.2, 0.25) is 0 Å². The summed E-state index contributed by atoms with van der Waals surface area (Å²) >= 11 is 0. The fourth-order valence-electron chi connectivity index (χ4n) is 9.00. The van der Waals surface area contributed by atoms with Gasteiger partial charge in [0.05, 0.1) is 18.8 Å². The number of H-pyrrole nitrogens is 1. The number of allylic oxidation sites excluding steroid dienone is 2. The minimum atomic E-state index is -1.23. The van der Waals surface area contributed by atoms with E-state index in [0.29, 0.717) is 31.0 Å². The zero-order valence-electron chi connectivity index (χ0n) is 29.7. The molecule has 1 saturated carbocycles. The van der Waals surface area contributed by atoms with Gasteiger partial charge in [-0.25, -0.2) is 4.98 Å². The maximum absolute atomic E-state index is 11.6. The first-order chi connectivity index (χ1) is 24.7. The van der Waals surface area contributed by atoms with E-state index in [1.54, 1.807) is 18.3 Å². The van der Waals surface area contributed by atoms with Crippen molar-refractivity contribution in [2.24, 2.45) is 17.8 Å². The van der Waals surface area contributed by atoms with E-state index in [-0.39, 0.29) is 34.7 Å². The van der Waals surface area contributed by atoms with E-state index in [1.165, 1.54) is 0 Å². The number of aromatic hydroxyl groups is 1. The predicted octanol–water partition coefficient (Wildman–Crippen LogP) is 6.09. The third-order valence-corrected chi connectivity index (χ3v) is 11.9.